The van der Waals surface area contributed by atoms with Gasteiger partial charge in [0.1, 0.15) is 0 Å². The summed E-state index contributed by atoms with van der Waals surface area (Å²) in [6.07, 6.45) is 1.23. The molecule has 1 atom stereocenters. The van der Waals surface area contributed by atoms with Gasteiger partial charge >= 0.3 is 0 Å². The standard InChI is InChI=1S/C13H19N3OS/c1-16(11-6-7-18-9-11)8-10-4-2-3-5-12(10)13(17)15-14/h2-5,11H,6-9,14H2,1H3,(H,15,17). The first-order valence-electron chi connectivity index (χ1n) is 6.09. The third-order valence-electron chi connectivity index (χ3n) is 3.34. The number of nitrogens with one attached hydrogen (secondary N) is 1. The highest BCUT2D eigenvalue weighted by Crippen LogP contribution is 2.23. The number of thioether (sulfide) groups is 1. The molecule has 0 radical (unpaired) electrons. The number of amides is 1. The summed E-state index contributed by atoms with van der Waals surface area (Å²) in [5.41, 5.74) is 3.89. The molecule has 1 aromatic carbocycles. The molecule has 0 aromatic heterocycles. The van der Waals surface area contributed by atoms with Crippen molar-refractivity contribution in [2.75, 3.05) is 18.6 Å². The number of carbonyl (C=O) groups excluding carboxylic acids is 1. The van der Waals surface area contributed by atoms with Gasteiger partial charge in [-0.3, -0.25) is 15.1 Å². The predicted octanol–water partition coefficient (Wildman–Crippen LogP) is 1.23. The van der Waals surface area contributed by atoms with Gasteiger partial charge in [-0.25, -0.2) is 5.84 Å². The maximum absolute atomic E-state index is 11.7. The van der Waals surface area contributed by atoms with E-state index in [1.165, 1.54) is 17.9 Å². The lowest BCUT2D eigenvalue weighted by molar-refractivity contribution is 0.0951. The molecule has 4 nitrogen and oxygen atoms in total. The lowest BCUT2D eigenvalue weighted by Crippen LogP contribution is -2.34. The van der Waals surface area contributed by atoms with Gasteiger partial charge < -0.3 is 0 Å². The fraction of sp³-hybridized carbons (Fsp3) is 0.462. The van der Waals surface area contributed by atoms with Crippen LogP contribution in [0.4, 0.5) is 0 Å². The van der Waals surface area contributed by atoms with Gasteiger partial charge in [-0.15, -0.1) is 0 Å². The molecule has 1 heterocycles. The molecule has 1 unspecified atom stereocenters. The van der Waals surface area contributed by atoms with E-state index in [0.29, 0.717) is 11.6 Å². The molecule has 2 rings (SSSR count). The van der Waals surface area contributed by atoms with Crippen molar-refractivity contribution in [2.24, 2.45) is 5.84 Å². The minimum atomic E-state index is -0.222. The molecule has 0 saturated carbocycles. The Bertz CT molecular complexity index is 418. The summed E-state index contributed by atoms with van der Waals surface area (Å²) in [6, 6.07) is 8.24. The number of hydrogen-bond acceptors (Lipinski definition) is 4. The van der Waals surface area contributed by atoms with E-state index in [0.717, 1.165) is 12.1 Å². The van der Waals surface area contributed by atoms with Crippen LogP contribution in [0.1, 0.15) is 22.3 Å². The molecule has 0 spiro atoms. The Morgan fingerprint density at radius 2 is 2.33 bits per heavy atom. The summed E-state index contributed by atoms with van der Waals surface area (Å²) in [5, 5.41) is 0. The molecular formula is C13H19N3OS. The molecule has 1 aliphatic rings. The van der Waals surface area contributed by atoms with Crippen molar-refractivity contribution in [1.29, 1.82) is 0 Å². The summed E-state index contributed by atoms with van der Waals surface area (Å²) < 4.78 is 0. The molecule has 1 saturated heterocycles. The van der Waals surface area contributed by atoms with E-state index in [2.05, 4.69) is 17.4 Å². The van der Waals surface area contributed by atoms with Crippen LogP contribution in [0.3, 0.4) is 0 Å². The van der Waals surface area contributed by atoms with E-state index >= 15 is 0 Å². The van der Waals surface area contributed by atoms with E-state index in [9.17, 15) is 4.79 Å². The number of hydrazine groups is 1. The summed E-state index contributed by atoms with van der Waals surface area (Å²) in [7, 11) is 2.12. The second kappa shape index (κ2) is 6.22. The van der Waals surface area contributed by atoms with Crippen LogP contribution in [0.5, 0.6) is 0 Å². The first-order chi connectivity index (χ1) is 8.72. The number of rotatable bonds is 4. The molecule has 0 aliphatic carbocycles. The Morgan fingerprint density at radius 1 is 1.56 bits per heavy atom. The zero-order valence-corrected chi connectivity index (χ0v) is 11.4. The van der Waals surface area contributed by atoms with Crippen molar-refractivity contribution in [3.05, 3.63) is 35.4 Å². The Morgan fingerprint density at radius 3 is 3.00 bits per heavy atom. The van der Waals surface area contributed by atoms with Crippen LogP contribution >= 0.6 is 11.8 Å². The van der Waals surface area contributed by atoms with Gasteiger partial charge in [0.15, 0.2) is 0 Å². The van der Waals surface area contributed by atoms with Crippen molar-refractivity contribution >= 4 is 17.7 Å². The molecule has 18 heavy (non-hydrogen) atoms. The molecule has 1 fully saturated rings. The Hall–Kier alpha value is -1.04. The van der Waals surface area contributed by atoms with Gasteiger partial charge in [-0.2, -0.15) is 11.8 Å². The second-order valence-electron chi connectivity index (χ2n) is 4.56. The average Bonchev–Trinajstić information content (AvgIpc) is 2.92. The zero-order chi connectivity index (χ0) is 13.0. The summed E-state index contributed by atoms with van der Waals surface area (Å²) in [5.74, 6) is 7.41. The van der Waals surface area contributed by atoms with Crippen LogP contribution in [0.25, 0.3) is 0 Å². The third kappa shape index (κ3) is 3.04. The lowest BCUT2D eigenvalue weighted by atomic mass is 10.1. The molecule has 1 aliphatic heterocycles. The minimum absolute atomic E-state index is 0.222. The van der Waals surface area contributed by atoms with E-state index in [1.807, 2.05) is 36.0 Å². The first kappa shape index (κ1) is 13.4. The summed E-state index contributed by atoms with van der Waals surface area (Å²) in [4.78, 5) is 14.0. The molecule has 98 valence electrons. The van der Waals surface area contributed by atoms with Crippen LogP contribution in [0.2, 0.25) is 0 Å². The topological polar surface area (TPSA) is 58.4 Å². The SMILES string of the molecule is CN(Cc1ccccc1C(=O)NN)C1CCSC1. The van der Waals surface area contributed by atoms with Crippen LogP contribution in [-0.4, -0.2) is 35.4 Å². The third-order valence-corrected chi connectivity index (χ3v) is 4.49. The molecule has 1 aromatic rings. The number of nitrogen functional groups attached to an aromatic ring is 1. The van der Waals surface area contributed by atoms with Gasteiger partial charge in [0, 0.05) is 23.9 Å². The smallest absolute Gasteiger partial charge is 0.265 e. The van der Waals surface area contributed by atoms with Crippen LogP contribution in [-0.2, 0) is 6.54 Å². The molecule has 1 amide bonds. The van der Waals surface area contributed by atoms with Gasteiger partial charge in [0.25, 0.3) is 5.91 Å². The second-order valence-corrected chi connectivity index (χ2v) is 5.71. The molecular weight excluding hydrogens is 246 g/mol. The fourth-order valence-electron chi connectivity index (χ4n) is 2.22. The number of nitrogens with two attached hydrogens (primary N) is 1. The minimum Gasteiger partial charge on any atom is -0.298 e. The zero-order valence-electron chi connectivity index (χ0n) is 10.6. The number of benzene rings is 1. The van der Waals surface area contributed by atoms with E-state index < -0.39 is 0 Å². The van der Waals surface area contributed by atoms with Crippen LogP contribution < -0.4 is 11.3 Å². The summed E-state index contributed by atoms with van der Waals surface area (Å²) >= 11 is 2.00. The number of hydrogen-bond donors (Lipinski definition) is 2. The van der Waals surface area contributed by atoms with E-state index in [1.54, 1.807) is 0 Å². The molecule has 0 bridgehead atoms. The average molecular weight is 265 g/mol. The van der Waals surface area contributed by atoms with Crippen LogP contribution in [0.15, 0.2) is 24.3 Å². The Labute approximate surface area is 112 Å². The molecule has 5 heteroatoms. The maximum atomic E-state index is 11.7. The fourth-order valence-corrected chi connectivity index (χ4v) is 3.52. The van der Waals surface area contributed by atoms with E-state index in [-0.39, 0.29) is 5.91 Å². The largest absolute Gasteiger partial charge is 0.298 e. The molecule has 3 N–H and O–H groups in total. The van der Waals surface area contributed by atoms with Crippen molar-refractivity contribution in [3.8, 4) is 0 Å². The van der Waals surface area contributed by atoms with E-state index in [4.69, 9.17) is 5.84 Å². The highest BCUT2D eigenvalue weighted by molar-refractivity contribution is 7.99. The van der Waals surface area contributed by atoms with Gasteiger partial charge in [0.2, 0.25) is 0 Å². The Balaban J connectivity index is 2.10. The van der Waals surface area contributed by atoms with Crippen molar-refractivity contribution in [2.45, 2.75) is 19.0 Å². The van der Waals surface area contributed by atoms with Gasteiger partial charge in [0.05, 0.1) is 0 Å². The number of carbonyl (C=O) groups is 1. The van der Waals surface area contributed by atoms with Crippen molar-refractivity contribution in [1.82, 2.24) is 10.3 Å². The first-order valence-corrected chi connectivity index (χ1v) is 7.24. The van der Waals surface area contributed by atoms with Crippen molar-refractivity contribution in [3.63, 3.8) is 0 Å². The normalized spacial score (nSPS) is 19.2. The lowest BCUT2D eigenvalue weighted by Gasteiger charge is -2.24. The summed E-state index contributed by atoms with van der Waals surface area (Å²) in [6.45, 7) is 0.787. The van der Waals surface area contributed by atoms with Crippen molar-refractivity contribution < 1.29 is 4.79 Å². The maximum Gasteiger partial charge on any atom is 0.265 e. The highest BCUT2D eigenvalue weighted by atomic mass is 32.2. The quantitative estimate of drug-likeness (QED) is 0.488. The van der Waals surface area contributed by atoms with Gasteiger partial charge in [-0.1, -0.05) is 18.2 Å². The van der Waals surface area contributed by atoms with Crippen LogP contribution in [0, 0.1) is 0 Å². The predicted molar refractivity (Wildman–Crippen MR) is 75.3 cm³/mol. The Kier molecular flexibility index (Phi) is 4.63. The monoisotopic (exact) mass is 265 g/mol. The number of nitrogens with zero attached hydrogens (tertiary/aromatic N) is 1. The highest BCUT2D eigenvalue weighted by Gasteiger charge is 2.21. The van der Waals surface area contributed by atoms with Gasteiger partial charge in [-0.05, 0) is 30.9 Å².